The predicted molar refractivity (Wildman–Crippen MR) is 54.7 cm³/mol. The van der Waals surface area contributed by atoms with E-state index in [4.69, 9.17) is 4.74 Å². The molecule has 0 aliphatic heterocycles. The van der Waals surface area contributed by atoms with Crippen molar-refractivity contribution < 1.29 is 19.1 Å². The first-order valence-electron chi connectivity index (χ1n) is 3.98. The number of hydrogen-bond acceptors (Lipinski definition) is 4. The molecule has 0 aromatic heterocycles. The van der Waals surface area contributed by atoms with Crippen molar-refractivity contribution >= 4 is 41.4 Å². The zero-order valence-electron chi connectivity index (χ0n) is 9.05. The quantitative estimate of drug-likeness (QED) is 0.318. The van der Waals surface area contributed by atoms with E-state index in [0.29, 0.717) is 0 Å². The Morgan fingerprint density at radius 2 is 1.57 bits per heavy atom. The summed E-state index contributed by atoms with van der Waals surface area (Å²) in [5, 5.41) is 0. The number of carbonyl (C=O) groups excluding carboxylic acids is 3. The van der Waals surface area contributed by atoms with Crippen LogP contribution >= 0.6 is 0 Å². The molecule has 0 aliphatic rings. The Bertz CT molecular complexity index is 240. The van der Waals surface area contributed by atoms with E-state index in [-0.39, 0.29) is 36.1 Å². The molecule has 0 bridgehead atoms. The van der Waals surface area contributed by atoms with Gasteiger partial charge in [0.25, 0.3) is 0 Å². The molecular weight excluding hydrogens is 291 g/mol. The first-order chi connectivity index (χ1) is 5.72. The van der Waals surface area contributed by atoms with Gasteiger partial charge in [-0.3, -0.25) is 9.59 Å². The Morgan fingerprint density at radius 1 is 1.14 bits per heavy atom. The van der Waals surface area contributed by atoms with E-state index in [1.807, 2.05) is 0 Å². The molecule has 0 rings (SSSR count). The van der Waals surface area contributed by atoms with Crippen LogP contribution in [0, 0.1) is 0 Å². The Labute approximate surface area is 100 Å². The number of ketones is 2. The van der Waals surface area contributed by atoms with Crippen molar-refractivity contribution in [2.75, 3.05) is 0 Å². The number of esters is 1. The van der Waals surface area contributed by atoms with E-state index < -0.39 is 17.4 Å². The van der Waals surface area contributed by atoms with Gasteiger partial charge in [0.1, 0.15) is 11.4 Å². The Kier molecular flexibility index (Phi) is 7.06. The van der Waals surface area contributed by atoms with Gasteiger partial charge in [-0.15, -0.1) is 0 Å². The van der Waals surface area contributed by atoms with E-state index in [9.17, 15) is 14.4 Å². The fourth-order valence-corrected chi connectivity index (χ4v) is 0.633. The molecule has 0 fully saturated rings. The molecule has 0 spiro atoms. The van der Waals surface area contributed by atoms with E-state index in [0.717, 1.165) is 0 Å². The molecule has 0 heterocycles. The number of ether oxygens (including phenoxy) is 1. The third-order valence-corrected chi connectivity index (χ3v) is 1.04. The van der Waals surface area contributed by atoms with Gasteiger partial charge in [0.05, 0.1) is 6.42 Å². The average molecular weight is 307 g/mol. The zero-order chi connectivity index (χ0) is 10.6. The normalized spacial score (nSPS) is 10.0. The minimum atomic E-state index is -0.942. The standard InChI is InChI=1S/C9H14O4.Sn.2H/c1-6(10)5-7(11)8(12)13-9(2,3)4;;;/h5H2,1-4H3;;;. The Hall–Kier alpha value is -0.391. The van der Waals surface area contributed by atoms with Crippen molar-refractivity contribution in [3.63, 3.8) is 0 Å². The third-order valence-electron chi connectivity index (χ3n) is 1.04. The van der Waals surface area contributed by atoms with E-state index in [2.05, 4.69) is 0 Å². The van der Waals surface area contributed by atoms with Crippen LogP contribution in [0.1, 0.15) is 34.1 Å². The molecule has 0 aliphatic carbocycles. The van der Waals surface area contributed by atoms with Gasteiger partial charge >= 0.3 is 29.9 Å². The van der Waals surface area contributed by atoms with Crippen molar-refractivity contribution in [3.8, 4) is 0 Å². The second-order valence-electron chi connectivity index (χ2n) is 3.80. The zero-order valence-corrected chi connectivity index (χ0v) is 13.1. The minimum absolute atomic E-state index is 0. The Morgan fingerprint density at radius 3 is 1.86 bits per heavy atom. The van der Waals surface area contributed by atoms with Crippen LogP contribution in [0.25, 0.3) is 0 Å². The van der Waals surface area contributed by atoms with Crippen LogP contribution in [0.3, 0.4) is 0 Å². The molecule has 4 nitrogen and oxygen atoms in total. The van der Waals surface area contributed by atoms with Gasteiger partial charge in [-0.25, -0.2) is 4.79 Å². The number of hydrogen-bond donors (Lipinski definition) is 0. The first kappa shape index (κ1) is 16.1. The van der Waals surface area contributed by atoms with Crippen LogP contribution in [-0.2, 0) is 19.1 Å². The second kappa shape index (κ2) is 6.16. The van der Waals surface area contributed by atoms with Gasteiger partial charge in [0, 0.05) is 0 Å². The van der Waals surface area contributed by atoms with E-state index in [1.165, 1.54) is 6.92 Å². The topological polar surface area (TPSA) is 60.4 Å². The van der Waals surface area contributed by atoms with Crippen molar-refractivity contribution in [3.05, 3.63) is 0 Å². The molecule has 0 saturated heterocycles. The van der Waals surface area contributed by atoms with Crippen LogP contribution in [0.5, 0.6) is 0 Å². The summed E-state index contributed by atoms with van der Waals surface area (Å²) in [7, 11) is 0. The predicted octanol–water partition coefficient (Wildman–Crippen LogP) is -0.0399. The summed E-state index contributed by atoms with van der Waals surface area (Å²) >= 11 is 0. The molecule has 5 heteroatoms. The molecule has 0 amide bonds. The molecule has 14 heavy (non-hydrogen) atoms. The molecule has 0 aromatic carbocycles. The Balaban J connectivity index is 0. The SMILES string of the molecule is CC(=O)CC(=O)C(=O)OC(C)(C)C.[SnH2]. The van der Waals surface area contributed by atoms with Gasteiger partial charge in [0.2, 0.25) is 5.78 Å². The number of rotatable bonds is 3. The second-order valence-corrected chi connectivity index (χ2v) is 3.80. The third kappa shape index (κ3) is 8.22. The summed E-state index contributed by atoms with van der Waals surface area (Å²) in [6.45, 7) is 6.23. The summed E-state index contributed by atoms with van der Waals surface area (Å²) in [6, 6.07) is 0. The van der Waals surface area contributed by atoms with Gasteiger partial charge in [0.15, 0.2) is 0 Å². The van der Waals surface area contributed by atoms with Crippen LogP contribution in [0.2, 0.25) is 0 Å². The molecule has 0 saturated carbocycles. The monoisotopic (exact) mass is 308 g/mol. The molecule has 0 N–H and O–H groups in total. The summed E-state index contributed by atoms with van der Waals surface area (Å²) < 4.78 is 4.76. The van der Waals surface area contributed by atoms with Gasteiger partial charge in [-0.05, 0) is 27.7 Å². The maximum atomic E-state index is 11.0. The molecule has 0 aromatic rings. The fraction of sp³-hybridized carbons (Fsp3) is 0.667. The van der Waals surface area contributed by atoms with Crippen molar-refractivity contribution in [1.29, 1.82) is 0 Å². The molecular formula is C9H16O4Sn. The molecule has 2 radical (unpaired) electrons. The van der Waals surface area contributed by atoms with E-state index >= 15 is 0 Å². The van der Waals surface area contributed by atoms with Crippen LogP contribution in [-0.4, -0.2) is 47.0 Å². The van der Waals surface area contributed by atoms with Crippen molar-refractivity contribution in [2.24, 2.45) is 0 Å². The average Bonchev–Trinajstić information content (AvgIpc) is 1.81. The first-order valence-corrected chi connectivity index (χ1v) is 3.98. The number of carbonyl (C=O) groups is 3. The summed E-state index contributed by atoms with van der Waals surface area (Å²) in [5.41, 5.74) is -0.691. The summed E-state index contributed by atoms with van der Waals surface area (Å²) in [6.07, 6.45) is -0.380. The van der Waals surface area contributed by atoms with Crippen LogP contribution in [0.4, 0.5) is 0 Å². The van der Waals surface area contributed by atoms with Gasteiger partial charge < -0.3 is 4.74 Å². The van der Waals surface area contributed by atoms with Crippen molar-refractivity contribution in [1.82, 2.24) is 0 Å². The summed E-state index contributed by atoms with van der Waals surface area (Å²) in [4.78, 5) is 32.4. The van der Waals surface area contributed by atoms with Gasteiger partial charge in [-0.2, -0.15) is 0 Å². The van der Waals surface area contributed by atoms with Gasteiger partial charge in [-0.1, -0.05) is 0 Å². The fourth-order valence-electron chi connectivity index (χ4n) is 0.633. The number of Topliss-reactive ketones (excluding diaryl/α,β-unsaturated/α-hetero) is 2. The maximum absolute atomic E-state index is 11.0. The summed E-state index contributed by atoms with van der Waals surface area (Å²) in [5.74, 6) is -2.07. The molecule has 0 atom stereocenters. The van der Waals surface area contributed by atoms with E-state index in [1.54, 1.807) is 20.8 Å². The van der Waals surface area contributed by atoms with Crippen LogP contribution in [0.15, 0.2) is 0 Å². The van der Waals surface area contributed by atoms with Crippen LogP contribution < -0.4 is 0 Å². The molecule has 80 valence electrons. The van der Waals surface area contributed by atoms with Crippen molar-refractivity contribution in [2.45, 2.75) is 39.7 Å². The molecule has 0 unspecified atom stereocenters.